The first kappa shape index (κ1) is 5.29. The number of allylic oxidation sites excluding steroid dienone is 2. The van der Waals surface area contributed by atoms with Crippen LogP contribution in [0.3, 0.4) is 0 Å². The van der Waals surface area contributed by atoms with Gasteiger partial charge in [-0.2, -0.15) is 0 Å². The lowest BCUT2D eigenvalue weighted by atomic mass is 10.2. The van der Waals surface area contributed by atoms with Crippen molar-refractivity contribution in [2.24, 2.45) is 4.99 Å². The smallest absolute Gasteiger partial charge is 0.165 e. The summed E-state index contributed by atoms with van der Waals surface area (Å²) < 4.78 is 0. The monoisotopic (exact) mass is 134 g/mol. The molecule has 0 aliphatic carbocycles. The highest BCUT2D eigenvalue weighted by Crippen LogP contribution is 2.17. The van der Waals surface area contributed by atoms with Gasteiger partial charge in [0.1, 0.15) is 0 Å². The van der Waals surface area contributed by atoms with Crippen LogP contribution in [0.25, 0.3) is 0 Å². The highest BCUT2D eigenvalue weighted by atomic mass is 16.7. The Morgan fingerprint density at radius 1 is 1.50 bits per heavy atom. The molecular weight excluding hydrogens is 128 g/mol. The molecule has 0 aromatic carbocycles. The number of fused-ring (bicyclic) bond motifs is 1. The molecule has 0 bridgehead atoms. The molecule has 10 heavy (non-hydrogen) atoms. The molecule has 0 radical (unpaired) electrons. The minimum atomic E-state index is 0.817. The van der Waals surface area contributed by atoms with Crippen LogP contribution < -0.4 is 5.48 Å². The Kier molecular flexibility index (Phi) is 1.07. The quantitative estimate of drug-likeness (QED) is 0.533. The molecule has 0 unspecified atom stereocenters. The van der Waals surface area contributed by atoms with E-state index in [4.69, 9.17) is 4.84 Å². The lowest BCUT2D eigenvalue weighted by Gasteiger charge is -1.94. The minimum Gasteiger partial charge on any atom is -0.382 e. The van der Waals surface area contributed by atoms with Gasteiger partial charge in [0.15, 0.2) is 5.76 Å². The first-order chi connectivity index (χ1) is 4.97. The summed E-state index contributed by atoms with van der Waals surface area (Å²) in [6.07, 6.45) is 8.91. The molecular formula is C7H6N2O. The van der Waals surface area contributed by atoms with Crippen LogP contribution in [0.5, 0.6) is 0 Å². The van der Waals surface area contributed by atoms with Crippen LogP contribution in [0.4, 0.5) is 0 Å². The first-order valence-electron chi connectivity index (χ1n) is 3.00. The molecule has 50 valence electrons. The van der Waals surface area contributed by atoms with Crippen molar-refractivity contribution in [2.75, 3.05) is 0 Å². The van der Waals surface area contributed by atoms with Gasteiger partial charge in [-0.05, 0) is 6.08 Å². The van der Waals surface area contributed by atoms with Crippen molar-refractivity contribution in [1.82, 2.24) is 5.48 Å². The molecule has 0 saturated heterocycles. The summed E-state index contributed by atoms with van der Waals surface area (Å²) in [4.78, 5) is 8.94. The van der Waals surface area contributed by atoms with E-state index in [1.165, 1.54) is 0 Å². The highest BCUT2D eigenvalue weighted by Gasteiger charge is 2.09. The third kappa shape index (κ3) is 0.719. The van der Waals surface area contributed by atoms with Gasteiger partial charge in [0.25, 0.3) is 0 Å². The van der Waals surface area contributed by atoms with Crippen LogP contribution in [0.1, 0.15) is 0 Å². The fourth-order valence-corrected chi connectivity index (χ4v) is 0.831. The third-order valence-electron chi connectivity index (χ3n) is 1.32. The Bertz CT molecular complexity index is 261. The number of hydrogen-bond acceptors (Lipinski definition) is 3. The molecule has 2 aliphatic rings. The molecule has 2 rings (SSSR count). The number of hydrogen-bond donors (Lipinski definition) is 1. The van der Waals surface area contributed by atoms with Gasteiger partial charge in [-0.25, -0.2) is 5.48 Å². The number of aliphatic imine (C=N–C) groups is 1. The van der Waals surface area contributed by atoms with E-state index in [1.54, 1.807) is 18.6 Å². The molecule has 2 aliphatic heterocycles. The Balaban J connectivity index is 2.42. The molecule has 0 aromatic rings. The van der Waals surface area contributed by atoms with E-state index >= 15 is 0 Å². The summed E-state index contributed by atoms with van der Waals surface area (Å²) in [6.45, 7) is 0. The van der Waals surface area contributed by atoms with Crippen LogP contribution in [0.15, 0.2) is 40.9 Å². The van der Waals surface area contributed by atoms with Gasteiger partial charge < -0.3 is 4.84 Å². The van der Waals surface area contributed by atoms with Crippen molar-refractivity contribution in [1.29, 1.82) is 0 Å². The van der Waals surface area contributed by atoms with Crippen LogP contribution >= 0.6 is 0 Å². The van der Waals surface area contributed by atoms with E-state index < -0.39 is 0 Å². The maximum atomic E-state index is 5.01. The zero-order valence-electron chi connectivity index (χ0n) is 5.24. The standard InChI is InChI=1S/C7H6N2O/c1-3-8-4-2-7-6(1)5-9-10-7/h1-5,9H. The number of nitrogens with zero attached hydrogens (tertiary/aromatic N) is 1. The van der Waals surface area contributed by atoms with E-state index in [1.807, 2.05) is 12.2 Å². The Hall–Kier alpha value is -1.51. The zero-order valence-corrected chi connectivity index (χ0v) is 5.24. The molecule has 0 spiro atoms. The van der Waals surface area contributed by atoms with Gasteiger partial charge in [0.05, 0.1) is 0 Å². The lowest BCUT2D eigenvalue weighted by molar-refractivity contribution is 0.170. The zero-order chi connectivity index (χ0) is 6.81. The van der Waals surface area contributed by atoms with Crippen LogP contribution in [-0.2, 0) is 4.84 Å². The topological polar surface area (TPSA) is 33.6 Å². The summed E-state index contributed by atoms with van der Waals surface area (Å²) in [6, 6.07) is 0. The van der Waals surface area contributed by atoms with Gasteiger partial charge in [0.2, 0.25) is 0 Å². The number of nitrogens with one attached hydrogen (secondary N) is 1. The average molecular weight is 134 g/mol. The average Bonchev–Trinajstić information content (AvgIpc) is 2.28. The van der Waals surface area contributed by atoms with E-state index in [9.17, 15) is 0 Å². The van der Waals surface area contributed by atoms with Crippen LogP contribution in [0, 0.1) is 0 Å². The second-order valence-electron chi connectivity index (χ2n) is 1.96. The fraction of sp³-hybridized carbons (Fsp3) is 0. The lowest BCUT2D eigenvalue weighted by Crippen LogP contribution is -1.96. The normalized spacial score (nSPS) is 20.0. The van der Waals surface area contributed by atoms with Crippen molar-refractivity contribution in [3.8, 4) is 0 Å². The number of hydroxylamine groups is 1. The highest BCUT2D eigenvalue weighted by molar-refractivity contribution is 5.75. The van der Waals surface area contributed by atoms with E-state index in [2.05, 4.69) is 10.5 Å². The fourth-order valence-electron chi connectivity index (χ4n) is 0.831. The maximum absolute atomic E-state index is 5.01. The second-order valence-corrected chi connectivity index (χ2v) is 1.96. The maximum Gasteiger partial charge on any atom is 0.165 e. The largest absolute Gasteiger partial charge is 0.382 e. The van der Waals surface area contributed by atoms with E-state index in [0.717, 1.165) is 11.3 Å². The predicted octanol–water partition coefficient (Wildman–Crippen LogP) is 0.887. The molecule has 0 saturated carbocycles. The van der Waals surface area contributed by atoms with Crippen molar-refractivity contribution in [3.05, 3.63) is 35.9 Å². The molecule has 3 heteroatoms. The predicted molar refractivity (Wildman–Crippen MR) is 38.0 cm³/mol. The van der Waals surface area contributed by atoms with Crippen molar-refractivity contribution >= 4 is 6.21 Å². The summed E-state index contributed by atoms with van der Waals surface area (Å²) >= 11 is 0. The van der Waals surface area contributed by atoms with Gasteiger partial charge in [-0.1, -0.05) is 0 Å². The number of rotatable bonds is 0. The molecule has 0 fully saturated rings. The molecule has 3 nitrogen and oxygen atoms in total. The van der Waals surface area contributed by atoms with Crippen molar-refractivity contribution < 1.29 is 4.84 Å². The molecule has 0 atom stereocenters. The Morgan fingerprint density at radius 2 is 2.50 bits per heavy atom. The SMILES string of the molecule is C1=CC2=CNOC2=CC=N1. The van der Waals surface area contributed by atoms with Crippen LogP contribution in [0.2, 0.25) is 0 Å². The van der Waals surface area contributed by atoms with Gasteiger partial charge in [0, 0.05) is 30.3 Å². The third-order valence-corrected chi connectivity index (χ3v) is 1.32. The summed E-state index contributed by atoms with van der Waals surface area (Å²) in [7, 11) is 0. The second kappa shape index (κ2) is 2.02. The summed E-state index contributed by atoms with van der Waals surface area (Å²) in [5.41, 5.74) is 3.67. The summed E-state index contributed by atoms with van der Waals surface area (Å²) in [5, 5.41) is 0. The van der Waals surface area contributed by atoms with E-state index in [-0.39, 0.29) is 0 Å². The minimum absolute atomic E-state index is 0.817. The molecule has 0 aromatic heterocycles. The van der Waals surface area contributed by atoms with Gasteiger partial charge in [-0.3, -0.25) is 4.99 Å². The van der Waals surface area contributed by atoms with Crippen molar-refractivity contribution in [2.45, 2.75) is 0 Å². The van der Waals surface area contributed by atoms with E-state index in [0.29, 0.717) is 0 Å². The molecule has 1 N–H and O–H groups in total. The first-order valence-corrected chi connectivity index (χ1v) is 3.00. The van der Waals surface area contributed by atoms with Gasteiger partial charge in [-0.15, -0.1) is 0 Å². The Morgan fingerprint density at radius 3 is 3.50 bits per heavy atom. The summed E-state index contributed by atoms with van der Waals surface area (Å²) in [5.74, 6) is 0.817. The molecule has 2 heterocycles. The Labute approximate surface area is 58.4 Å². The molecule has 0 amide bonds. The van der Waals surface area contributed by atoms with Crippen molar-refractivity contribution in [3.63, 3.8) is 0 Å². The van der Waals surface area contributed by atoms with Gasteiger partial charge >= 0.3 is 0 Å². The van der Waals surface area contributed by atoms with Crippen LogP contribution in [-0.4, -0.2) is 6.21 Å².